The summed E-state index contributed by atoms with van der Waals surface area (Å²) < 4.78 is 10.4. The molecule has 0 amide bonds. The van der Waals surface area contributed by atoms with Gasteiger partial charge >= 0.3 is 5.97 Å². The molecule has 0 aliphatic carbocycles. The highest BCUT2D eigenvalue weighted by Crippen LogP contribution is 2.23. The van der Waals surface area contributed by atoms with E-state index in [1.807, 2.05) is 17.5 Å². The van der Waals surface area contributed by atoms with Crippen molar-refractivity contribution < 1.29 is 19.1 Å². The van der Waals surface area contributed by atoms with Crippen molar-refractivity contribution in [1.29, 1.82) is 0 Å². The van der Waals surface area contributed by atoms with Crippen LogP contribution in [0.4, 0.5) is 0 Å². The minimum Gasteiger partial charge on any atom is -0.479 e. The van der Waals surface area contributed by atoms with Gasteiger partial charge in [-0.1, -0.05) is 6.07 Å². The third kappa shape index (κ3) is 2.92. The lowest BCUT2D eigenvalue weighted by atomic mass is 10.4. The maximum Gasteiger partial charge on any atom is 0.332 e. The van der Waals surface area contributed by atoms with Crippen molar-refractivity contribution in [3.8, 4) is 10.8 Å². The van der Waals surface area contributed by atoms with Crippen LogP contribution in [0, 0.1) is 0 Å². The molecule has 0 saturated carbocycles. The van der Waals surface area contributed by atoms with E-state index in [1.54, 1.807) is 0 Å². The number of rotatable bonds is 5. The average molecular weight is 253 g/mol. The number of thiophene rings is 1. The van der Waals surface area contributed by atoms with Crippen molar-refractivity contribution in [2.75, 3.05) is 0 Å². The van der Waals surface area contributed by atoms with Gasteiger partial charge in [-0.25, -0.2) is 9.78 Å². The molecule has 2 heterocycles. The van der Waals surface area contributed by atoms with Crippen LogP contribution in [0.25, 0.3) is 10.8 Å². The molecule has 5 nitrogen and oxygen atoms in total. The number of hydrogen-bond donors (Lipinski definition) is 1. The maximum atomic E-state index is 10.5. The minimum atomic E-state index is -0.994. The van der Waals surface area contributed by atoms with Gasteiger partial charge in [0.2, 0.25) is 5.89 Å². The Hall–Kier alpha value is -1.66. The Morgan fingerprint density at radius 2 is 2.53 bits per heavy atom. The molecule has 0 spiro atoms. The zero-order chi connectivity index (χ0) is 12.3. The second kappa shape index (κ2) is 5.11. The molecule has 0 fully saturated rings. The van der Waals surface area contributed by atoms with E-state index in [4.69, 9.17) is 14.3 Å². The molecule has 2 aromatic rings. The van der Waals surface area contributed by atoms with Gasteiger partial charge in [-0.3, -0.25) is 0 Å². The van der Waals surface area contributed by atoms with Crippen LogP contribution in [0.2, 0.25) is 0 Å². The van der Waals surface area contributed by atoms with Crippen molar-refractivity contribution in [2.24, 2.45) is 0 Å². The first-order valence-electron chi connectivity index (χ1n) is 4.99. The Labute approximate surface area is 102 Å². The maximum absolute atomic E-state index is 10.5. The van der Waals surface area contributed by atoms with Crippen LogP contribution in [0.15, 0.2) is 28.2 Å². The Balaban J connectivity index is 1.97. The van der Waals surface area contributed by atoms with Gasteiger partial charge in [0, 0.05) is 0 Å². The Kier molecular flexibility index (Phi) is 3.55. The molecule has 1 atom stereocenters. The fourth-order valence-corrected chi connectivity index (χ4v) is 1.82. The zero-order valence-corrected chi connectivity index (χ0v) is 9.94. The fourth-order valence-electron chi connectivity index (χ4n) is 1.17. The molecule has 1 N–H and O–H groups in total. The second-order valence-electron chi connectivity index (χ2n) is 3.41. The van der Waals surface area contributed by atoms with E-state index >= 15 is 0 Å². The van der Waals surface area contributed by atoms with Gasteiger partial charge in [0.25, 0.3) is 0 Å². The number of nitrogens with zero attached hydrogens (tertiary/aromatic N) is 1. The molecule has 6 heteroatoms. The highest BCUT2D eigenvalue weighted by atomic mass is 32.1. The Morgan fingerprint density at radius 1 is 1.71 bits per heavy atom. The summed E-state index contributed by atoms with van der Waals surface area (Å²) in [6.45, 7) is 1.60. The molecule has 0 saturated heterocycles. The summed E-state index contributed by atoms with van der Waals surface area (Å²) in [4.78, 5) is 15.7. The number of ether oxygens (including phenoxy) is 1. The largest absolute Gasteiger partial charge is 0.479 e. The lowest BCUT2D eigenvalue weighted by molar-refractivity contribution is -0.149. The van der Waals surface area contributed by atoms with Gasteiger partial charge in [-0.2, -0.15) is 0 Å². The molecule has 0 aromatic carbocycles. The first-order chi connectivity index (χ1) is 8.16. The highest BCUT2D eigenvalue weighted by molar-refractivity contribution is 7.13. The van der Waals surface area contributed by atoms with Crippen LogP contribution in [0.5, 0.6) is 0 Å². The smallest absolute Gasteiger partial charge is 0.332 e. The summed E-state index contributed by atoms with van der Waals surface area (Å²) in [5, 5.41) is 10.6. The molecular weight excluding hydrogens is 242 g/mol. The number of carboxylic acid groups (broad SMARTS) is 1. The van der Waals surface area contributed by atoms with Crippen molar-refractivity contribution in [3.05, 3.63) is 29.5 Å². The van der Waals surface area contributed by atoms with Crippen LogP contribution in [0.1, 0.15) is 12.6 Å². The summed E-state index contributed by atoms with van der Waals surface area (Å²) in [5.41, 5.74) is 0.585. The molecule has 0 unspecified atom stereocenters. The van der Waals surface area contributed by atoms with Crippen LogP contribution in [-0.4, -0.2) is 22.2 Å². The molecule has 2 rings (SSSR count). The van der Waals surface area contributed by atoms with Crippen molar-refractivity contribution in [2.45, 2.75) is 19.6 Å². The molecule has 0 aliphatic rings. The normalized spacial score (nSPS) is 12.5. The SMILES string of the molecule is C[C@H](OCc1coc(-c2cccs2)n1)C(=O)O. The van der Waals surface area contributed by atoms with Gasteiger partial charge < -0.3 is 14.3 Å². The average Bonchev–Trinajstić information content (AvgIpc) is 2.95. The monoisotopic (exact) mass is 253 g/mol. The van der Waals surface area contributed by atoms with E-state index in [1.165, 1.54) is 24.5 Å². The third-order valence-electron chi connectivity index (χ3n) is 2.11. The van der Waals surface area contributed by atoms with Crippen LogP contribution in [0.3, 0.4) is 0 Å². The number of aliphatic carboxylic acids is 1. The summed E-state index contributed by atoms with van der Waals surface area (Å²) >= 11 is 1.53. The first kappa shape index (κ1) is 11.8. The lowest BCUT2D eigenvalue weighted by Gasteiger charge is -2.05. The minimum absolute atomic E-state index is 0.127. The molecular formula is C11H11NO4S. The van der Waals surface area contributed by atoms with Crippen molar-refractivity contribution in [3.63, 3.8) is 0 Å². The van der Waals surface area contributed by atoms with Gasteiger partial charge in [-0.05, 0) is 18.4 Å². The third-order valence-corrected chi connectivity index (χ3v) is 2.97. The summed E-state index contributed by atoms with van der Waals surface area (Å²) in [5.74, 6) is -0.464. The number of aromatic nitrogens is 1. The Morgan fingerprint density at radius 3 is 3.18 bits per heavy atom. The molecule has 17 heavy (non-hydrogen) atoms. The number of oxazole rings is 1. The molecule has 0 aliphatic heterocycles. The summed E-state index contributed by atoms with van der Waals surface area (Å²) in [7, 11) is 0. The lowest BCUT2D eigenvalue weighted by Crippen LogP contribution is -2.19. The van der Waals surface area contributed by atoms with Crippen LogP contribution in [-0.2, 0) is 16.1 Å². The van der Waals surface area contributed by atoms with E-state index in [-0.39, 0.29) is 6.61 Å². The number of carbonyl (C=O) groups is 1. The predicted molar refractivity (Wildman–Crippen MR) is 61.7 cm³/mol. The first-order valence-corrected chi connectivity index (χ1v) is 5.87. The number of hydrogen-bond acceptors (Lipinski definition) is 5. The van der Waals surface area contributed by atoms with Gasteiger partial charge in [0.05, 0.1) is 11.5 Å². The topological polar surface area (TPSA) is 72.6 Å². The van der Waals surface area contributed by atoms with Crippen molar-refractivity contribution in [1.82, 2.24) is 4.98 Å². The van der Waals surface area contributed by atoms with E-state index in [0.29, 0.717) is 11.6 Å². The van der Waals surface area contributed by atoms with Gasteiger partial charge in [0.1, 0.15) is 12.0 Å². The molecule has 0 bridgehead atoms. The van der Waals surface area contributed by atoms with Crippen LogP contribution >= 0.6 is 11.3 Å². The number of carboxylic acids is 1. The highest BCUT2D eigenvalue weighted by Gasteiger charge is 2.13. The van der Waals surface area contributed by atoms with Gasteiger partial charge in [0.15, 0.2) is 6.10 Å². The zero-order valence-electron chi connectivity index (χ0n) is 9.12. The molecule has 90 valence electrons. The standard InChI is InChI=1S/C11H11NO4S/c1-7(11(13)14)15-5-8-6-16-10(12-8)9-3-2-4-17-9/h2-4,6-7H,5H2,1H3,(H,13,14)/t7-/m0/s1. The predicted octanol–water partition coefficient (Wildman–Crippen LogP) is 2.39. The van der Waals surface area contributed by atoms with E-state index in [2.05, 4.69) is 4.98 Å². The Bertz CT molecular complexity index is 491. The molecule has 0 radical (unpaired) electrons. The van der Waals surface area contributed by atoms with E-state index < -0.39 is 12.1 Å². The van der Waals surface area contributed by atoms with E-state index in [9.17, 15) is 4.79 Å². The quantitative estimate of drug-likeness (QED) is 0.885. The summed E-state index contributed by atoms with van der Waals surface area (Å²) in [6.07, 6.45) is 0.626. The fraction of sp³-hybridized carbons (Fsp3) is 0.273. The second-order valence-corrected chi connectivity index (χ2v) is 4.36. The van der Waals surface area contributed by atoms with Crippen molar-refractivity contribution >= 4 is 17.3 Å². The van der Waals surface area contributed by atoms with Crippen LogP contribution < -0.4 is 0 Å². The molecule has 2 aromatic heterocycles. The van der Waals surface area contributed by atoms with Gasteiger partial charge in [-0.15, -0.1) is 11.3 Å². The summed E-state index contributed by atoms with van der Waals surface area (Å²) in [6, 6.07) is 3.81. The van der Waals surface area contributed by atoms with E-state index in [0.717, 1.165) is 4.88 Å².